The van der Waals surface area contributed by atoms with Crippen LogP contribution in [-0.4, -0.2) is 54.0 Å². The SMILES string of the molecule is [C-]#[N+]c1ccc(-c2cccc(-n3c4ccccc4c4cc(-c5nc(-c6ccccc6)nc(-c6ccccc6)n5)ccc43)c2-c2nc(-c3ccccc3)nc(-c3c(-n4c5ccccc5c5cc(-c6nc(-c7ccccc7)nc(-c7ccccc7)n6)ccc54)cccc3C(F)(F)F)n2)cc1. The third-order valence-corrected chi connectivity index (χ3v) is 17.6. The van der Waals surface area contributed by atoms with Crippen LogP contribution in [0.5, 0.6) is 0 Å². The number of alkyl halides is 3. The first kappa shape index (κ1) is 58.4. The average Bonchev–Trinajstić information content (AvgIpc) is 1.53. The number of nitrogens with zero attached hydrogens (tertiary/aromatic N) is 12. The van der Waals surface area contributed by atoms with Crippen LogP contribution in [0.25, 0.3) is 173 Å². The molecule has 0 aliphatic rings. The molecule has 0 aliphatic heterocycles. The van der Waals surface area contributed by atoms with Gasteiger partial charge in [0.25, 0.3) is 0 Å². The molecule has 15 heteroatoms. The number of aromatic nitrogens is 11. The van der Waals surface area contributed by atoms with Gasteiger partial charge in [0.1, 0.15) is 0 Å². The lowest BCUT2D eigenvalue weighted by Crippen LogP contribution is -2.13. The molecule has 0 radical (unpaired) electrons. The maximum atomic E-state index is 16.5. The van der Waals surface area contributed by atoms with E-state index in [0.717, 1.165) is 66.5 Å². The molecule has 5 aromatic heterocycles. The van der Waals surface area contributed by atoms with Gasteiger partial charge in [-0.3, -0.25) is 0 Å². The molecule has 12 nitrogen and oxygen atoms in total. The molecular weight excluding hydrogens is 1220 g/mol. The van der Waals surface area contributed by atoms with Gasteiger partial charge in [0, 0.05) is 60.5 Å². The highest BCUT2D eigenvalue weighted by Gasteiger charge is 2.37. The van der Waals surface area contributed by atoms with Gasteiger partial charge < -0.3 is 9.13 Å². The lowest BCUT2D eigenvalue weighted by atomic mass is 9.96. The number of hydrogen-bond acceptors (Lipinski definition) is 9. The number of hydrogen-bond donors (Lipinski definition) is 0. The largest absolute Gasteiger partial charge is 0.417 e. The minimum atomic E-state index is -4.91. The summed E-state index contributed by atoms with van der Waals surface area (Å²) >= 11 is 0. The Hall–Kier alpha value is -13.5. The van der Waals surface area contributed by atoms with Crippen molar-refractivity contribution in [1.29, 1.82) is 0 Å². The highest BCUT2D eigenvalue weighted by atomic mass is 19.4. The van der Waals surface area contributed by atoms with Crippen LogP contribution in [-0.2, 0) is 6.18 Å². The van der Waals surface area contributed by atoms with E-state index in [1.165, 1.54) is 6.07 Å². The van der Waals surface area contributed by atoms with Gasteiger partial charge in [-0.25, -0.2) is 49.7 Å². The zero-order valence-electron chi connectivity index (χ0n) is 51.8. The summed E-state index contributed by atoms with van der Waals surface area (Å²) in [6.07, 6.45) is -4.91. The molecular formula is C83H49F3N12. The van der Waals surface area contributed by atoms with E-state index in [-0.39, 0.29) is 28.7 Å². The standard InChI is InChI=1S/C83H49F3N12/c1-87-59-45-41-51(42-46-59)60-35-21-39-70(97-66-37-19-17-33-61(66)63-49-57(43-47-68(63)97)79-90-74(52-23-7-2-8-24-52)88-75(91-79)53-25-9-3-10-26-53)72(60)81-94-78(56-31-15-6-16-32-56)95-82(96-81)73-65(83(84,85)86)36-22-40-71(73)98-67-38-20-18-34-62(67)64-50-58(44-48-69(64)98)80-92-76(54-27-11-4-12-28-54)89-77(93-80)55-29-13-5-14-30-55/h2-50H. The van der Waals surface area contributed by atoms with Gasteiger partial charge in [0.15, 0.2) is 58.1 Å². The molecule has 0 saturated carbocycles. The summed E-state index contributed by atoms with van der Waals surface area (Å²) in [5.74, 6) is 2.94. The second-order valence-electron chi connectivity index (χ2n) is 23.5. The maximum absolute atomic E-state index is 16.5. The summed E-state index contributed by atoms with van der Waals surface area (Å²) in [6, 6.07) is 93.3. The van der Waals surface area contributed by atoms with E-state index in [9.17, 15) is 0 Å². The third-order valence-electron chi connectivity index (χ3n) is 17.6. The van der Waals surface area contributed by atoms with Crippen LogP contribution in [0, 0.1) is 6.57 Å². The van der Waals surface area contributed by atoms with Crippen LogP contribution in [0.2, 0.25) is 0 Å². The van der Waals surface area contributed by atoms with Crippen LogP contribution in [0.1, 0.15) is 5.56 Å². The van der Waals surface area contributed by atoms with E-state index in [0.29, 0.717) is 85.2 Å². The van der Waals surface area contributed by atoms with E-state index >= 15 is 13.2 Å². The second-order valence-corrected chi connectivity index (χ2v) is 23.5. The van der Waals surface area contributed by atoms with Gasteiger partial charge in [-0.1, -0.05) is 231 Å². The number of rotatable bonds is 12. The Balaban J connectivity index is 0.893. The molecule has 17 aromatic rings. The quantitative estimate of drug-likeness (QED) is 0.110. The summed E-state index contributed by atoms with van der Waals surface area (Å²) in [4.78, 5) is 49.7. The number of fused-ring (bicyclic) bond motifs is 6. The first-order valence-corrected chi connectivity index (χ1v) is 31.6. The molecule has 462 valence electrons. The van der Waals surface area contributed by atoms with Crippen LogP contribution >= 0.6 is 0 Å². The minimum absolute atomic E-state index is 0.0974. The number of benzene rings is 12. The molecule has 0 N–H and O–H groups in total. The molecule has 0 unspecified atom stereocenters. The molecule has 0 spiro atoms. The van der Waals surface area contributed by atoms with E-state index in [1.54, 1.807) is 18.2 Å². The Bertz CT molecular complexity index is 5860. The predicted molar refractivity (Wildman–Crippen MR) is 381 cm³/mol. The van der Waals surface area contributed by atoms with Crippen LogP contribution in [0.4, 0.5) is 18.9 Å². The fourth-order valence-electron chi connectivity index (χ4n) is 13.0. The van der Waals surface area contributed by atoms with E-state index < -0.39 is 11.7 Å². The second kappa shape index (κ2) is 24.1. The van der Waals surface area contributed by atoms with Crippen molar-refractivity contribution < 1.29 is 13.2 Å². The van der Waals surface area contributed by atoms with Gasteiger partial charge in [0.2, 0.25) is 0 Å². The van der Waals surface area contributed by atoms with Gasteiger partial charge >= 0.3 is 6.18 Å². The Morgan fingerprint density at radius 3 is 0.980 bits per heavy atom. The summed E-state index contributed by atoms with van der Waals surface area (Å²) < 4.78 is 53.4. The third kappa shape index (κ3) is 10.5. The van der Waals surface area contributed by atoms with Crippen molar-refractivity contribution >= 4 is 49.3 Å². The smallest absolute Gasteiger partial charge is 0.308 e. The van der Waals surface area contributed by atoms with E-state index in [4.69, 9.17) is 51.4 Å². The number of halogens is 3. The molecule has 0 fully saturated rings. The Kier molecular flexibility index (Phi) is 14.4. The minimum Gasteiger partial charge on any atom is -0.308 e. The van der Waals surface area contributed by atoms with Crippen molar-refractivity contribution in [2.75, 3.05) is 0 Å². The highest BCUT2D eigenvalue weighted by Crippen LogP contribution is 2.47. The van der Waals surface area contributed by atoms with Crippen molar-refractivity contribution in [2.45, 2.75) is 6.18 Å². The fourth-order valence-corrected chi connectivity index (χ4v) is 13.0. The molecule has 0 amide bonds. The predicted octanol–water partition coefficient (Wildman–Crippen LogP) is 20.7. The van der Waals surface area contributed by atoms with Crippen molar-refractivity contribution in [2.24, 2.45) is 0 Å². The number of para-hydroxylation sites is 2. The lowest BCUT2D eigenvalue weighted by Gasteiger charge is -2.21. The maximum Gasteiger partial charge on any atom is 0.417 e. The molecule has 17 rings (SSSR count). The molecule has 0 saturated heterocycles. The van der Waals surface area contributed by atoms with Gasteiger partial charge in [-0.05, 0) is 77.9 Å². The lowest BCUT2D eigenvalue weighted by molar-refractivity contribution is -0.137. The molecule has 98 heavy (non-hydrogen) atoms. The van der Waals surface area contributed by atoms with Gasteiger partial charge in [-0.15, -0.1) is 0 Å². The van der Waals surface area contributed by atoms with Crippen molar-refractivity contribution in [3.8, 4) is 125 Å². The summed E-state index contributed by atoms with van der Waals surface area (Å²) in [6.45, 7) is 7.89. The normalized spacial score (nSPS) is 11.6. The molecule has 0 bridgehead atoms. The van der Waals surface area contributed by atoms with Crippen molar-refractivity contribution in [3.05, 3.63) is 314 Å². The molecule has 12 aromatic carbocycles. The summed E-state index contributed by atoms with van der Waals surface area (Å²) in [7, 11) is 0. The molecule has 0 atom stereocenters. The summed E-state index contributed by atoms with van der Waals surface area (Å²) in [5.41, 5.74) is 10.0. The van der Waals surface area contributed by atoms with Crippen LogP contribution < -0.4 is 0 Å². The zero-order valence-corrected chi connectivity index (χ0v) is 51.8. The summed E-state index contributed by atoms with van der Waals surface area (Å²) in [5, 5.41) is 3.31. The van der Waals surface area contributed by atoms with E-state index in [1.807, 2.05) is 259 Å². The topological polar surface area (TPSA) is 130 Å². The fraction of sp³-hybridized carbons (Fsp3) is 0.0120. The van der Waals surface area contributed by atoms with Crippen LogP contribution in [0.3, 0.4) is 0 Å². The Morgan fingerprint density at radius 1 is 0.265 bits per heavy atom. The Morgan fingerprint density at radius 2 is 0.582 bits per heavy atom. The van der Waals surface area contributed by atoms with Crippen molar-refractivity contribution in [3.63, 3.8) is 0 Å². The molecule has 0 aliphatic carbocycles. The molecule has 5 heterocycles. The highest BCUT2D eigenvalue weighted by molar-refractivity contribution is 6.12. The van der Waals surface area contributed by atoms with Crippen molar-refractivity contribution in [1.82, 2.24) is 54.0 Å². The Labute approximate surface area is 558 Å². The first-order valence-electron chi connectivity index (χ1n) is 31.6. The monoisotopic (exact) mass is 1270 g/mol. The van der Waals surface area contributed by atoms with Gasteiger partial charge in [-0.2, -0.15) is 13.2 Å². The van der Waals surface area contributed by atoms with E-state index in [2.05, 4.69) is 21.5 Å². The van der Waals surface area contributed by atoms with Crippen LogP contribution in [0.15, 0.2) is 297 Å². The first-order chi connectivity index (χ1) is 48.2. The average molecular weight is 1270 g/mol. The van der Waals surface area contributed by atoms with Gasteiger partial charge in [0.05, 0.1) is 56.7 Å². The zero-order chi connectivity index (χ0) is 65.8.